The Morgan fingerprint density at radius 3 is 2.40 bits per heavy atom. The summed E-state index contributed by atoms with van der Waals surface area (Å²) in [6.07, 6.45) is -0.259. The summed E-state index contributed by atoms with van der Waals surface area (Å²) in [6, 6.07) is 0. The Hall–Kier alpha value is -1.61. The van der Waals surface area contributed by atoms with Crippen LogP contribution in [-0.2, 0) is 10.5 Å². The molecule has 3 N–H and O–H groups in total. The van der Waals surface area contributed by atoms with Crippen LogP contribution in [0.5, 0.6) is 0 Å². The van der Waals surface area contributed by atoms with Gasteiger partial charge in [0, 0.05) is 6.20 Å². The minimum absolute atomic E-state index is 0.579. The minimum atomic E-state index is -5.08. The SMILES string of the molecule is Cc1cnn(C2(O)CCCC2O)c1.O=C(O)C(F)(F)F. The molecule has 1 saturated carbocycles. The Morgan fingerprint density at radius 2 is 2.10 bits per heavy atom. The predicted octanol–water partition coefficient (Wildman–Crippen LogP) is 1.01. The van der Waals surface area contributed by atoms with Crippen molar-refractivity contribution in [3.8, 4) is 0 Å². The Bertz CT molecular complexity index is 474. The number of carboxylic acids is 1. The topological polar surface area (TPSA) is 95.6 Å². The van der Waals surface area contributed by atoms with Crippen molar-refractivity contribution in [2.75, 3.05) is 0 Å². The number of nitrogens with zero attached hydrogens (tertiary/aromatic N) is 2. The second-order valence-corrected chi connectivity index (χ2v) is 4.55. The first-order valence-corrected chi connectivity index (χ1v) is 5.79. The molecule has 0 radical (unpaired) electrons. The zero-order valence-corrected chi connectivity index (χ0v) is 10.6. The van der Waals surface area contributed by atoms with Crippen LogP contribution in [0, 0.1) is 6.92 Å². The van der Waals surface area contributed by atoms with Gasteiger partial charge < -0.3 is 15.3 Å². The van der Waals surface area contributed by atoms with E-state index >= 15 is 0 Å². The number of hydrogen-bond donors (Lipinski definition) is 3. The molecule has 1 fully saturated rings. The number of carboxylic acid groups (broad SMARTS) is 1. The molecule has 0 aliphatic heterocycles. The Kier molecular flexibility index (Phi) is 4.77. The van der Waals surface area contributed by atoms with Crippen LogP contribution in [0.2, 0.25) is 0 Å². The highest BCUT2D eigenvalue weighted by Crippen LogP contribution is 2.33. The summed E-state index contributed by atoms with van der Waals surface area (Å²) < 4.78 is 33.2. The van der Waals surface area contributed by atoms with Gasteiger partial charge in [0.2, 0.25) is 0 Å². The molecule has 0 spiro atoms. The molecule has 1 heterocycles. The molecule has 0 saturated heterocycles. The standard InChI is InChI=1S/C9H14N2O2.C2HF3O2/c1-7-5-10-11(6-7)9(13)4-2-3-8(9)12;3-2(4,5)1(6)7/h5-6,8,12-13H,2-4H2,1H3;(H,6,7). The largest absolute Gasteiger partial charge is 0.490 e. The maximum Gasteiger partial charge on any atom is 0.490 e. The molecule has 1 aromatic rings. The van der Waals surface area contributed by atoms with Gasteiger partial charge in [0.25, 0.3) is 0 Å². The lowest BCUT2D eigenvalue weighted by Gasteiger charge is -2.26. The third kappa shape index (κ3) is 3.70. The Balaban J connectivity index is 0.000000246. The van der Waals surface area contributed by atoms with Gasteiger partial charge in [-0.3, -0.25) is 0 Å². The number of aliphatic carboxylic acids is 1. The van der Waals surface area contributed by atoms with Crippen molar-refractivity contribution in [3.05, 3.63) is 18.0 Å². The summed E-state index contributed by atoms with van der Waals surface area (Å²) >= 11 is 0. The third-order valence-corrected chi connectivity index (χ3v) is 2.91. The van der Waals surface area contributed by atoms with Gasteiger partial charge in [-0.15, -0.1) is 0 Å². The molecule has 0 aromatic carbocycles. The molecule has 2 atom stereocenters. The number of halogens is 3. The van der Waals surface area contributed by atoms with Crippen molar-refractivity contribution in [1.29, 1.82) is 0 Å². The quantitative estimate of drug-likeness (QED) is 0.719. The van der Waals surface area contributed by atoms with Crippen LogP contribution in [0.1, 0.15) is 24.8 Å². The number of aryl methyl sites for hydroxylation is 1. The maximum atomic E-state index is 10.6. The van der Waals surface area contributed by atoms with Gasteiger partial charge in [0.1, 0.15) is 6.10 Å². The summed E-state index contributed by atoms with van der Waals surface area (Å²) in [7, 11) is 0. The van der Waals surface area contributed by atoms with Gasteiger partial charge in [-0.2, -0.15) is 18.3 Å². The van der Waals surface area contributed by atoms with Crippen molar-refractivity contribution in [2.24, 2.45) is 0 Å². The van der Waals surface area contributed by atoms with Crippen molar-refractivity contribution in [1.82, 2.24) is 9.78 Å². The highest BCUT2D eigenvalue weighted by atomic mass is 19.4. The average molecular weight is 296 g/mol. The fourth-order valence-electron chi connectivity index (χ4n) is 1.85. The summed E-state index contributed by atoms with van der Waals surface area (Å²) in [5.41, 5.74) is -0.179. The first-order chi connectivity index (χ1) is 9.07. The van der Waals surface area contributed by atoms with Crippen molar-refractivity contribution in [2.45, 2.75) is 44.2 Å². The number of aliphatic hydroxyl groups is 2. The molecular weight excluding hydrogens is 281 g/mol. The van der Waals surface area contributed by atoms with E-state index in [-0.39, 0.29) is 0 Å². The number of alkyl halides is 3. The maximum absolute atomic E-state index is 10.6. The minimum Gasteiger partial charge on any atom is -0.475 e. The predicted molar refractivity (Wildman–Crippen MR) is 60.7 cm³/mol. The lowest BCUT2D eigenvalue weighted by molar-refractivity contribution is -0.192. The first kappa shape index (κ1) is 16.4. The summed E-state index contributed by atoms with van der Waals surface area (Å²) in [6.45, 7) is 1.91. The zero-order chi connectivity index (χ0) is 15.6. The van der Waals surface area contributed by atoms with Gasteiger partial charge in [-0.1, -0.05) is 0 Å². The van der Waals surface area contributed by atoms with Crippen molar-refractivity contribution in [3.63, 3.8) is 0 Å². The van der Waals surface area contributed by atoms with Crippen LogP contribution in [0.3, 0.4) is 0 Å². The average Bonchev–Trinajstić information content (AvgIpc) is 2.87. The fraction of sp³-hybridized carbons (Fsp3) is 0.636. The van der Waals surface area contributed by atoms with Crippen LogP contribution in [-0.4, -0.2) is 43.3 Å². The van der Waals surface area contributed by atoms with Gasteiger partial charge in [-0.05, 0) is 31.7 Å². The molecule has 0 amide bonds. The van der Waals surface area contributed by atoms with Crippen LogP contribution >= 0.6 is 0 Å². The highest BCUT2D eigenvalue weighted by molar-refractivity contribution is 5.73. The van der Waals surface area contributed by atoms with Crippen molar-refractivity contribution < 1.29 is 33.3 Å². The number of rotatable bonds is 1. The van der Waals surface area contributed by atoms with E-state index in [0.29, 0.717) is 12.8 Å². The van der Waals surface area contributed by atoms with Crippen molar-refractivity contribution >= 4 is 5.97 Å². The molecule has 1 aliphatic carbocycles. The molecule has 1 aliphatic rings. The number of carbonyl (C=O) groups is 1. The number of aromatic nitrogens is 2. The van der Waals surface area contributed by atoms with Gasteiger partial charge >= 0.3 is 12.1 Å². The smallest absolute Gasteiger partial charge is 0.475 e. The third-order valence-electron chi connectivity index (χ3n) is 2.91. The molecule has 1 aromatic heterocycles. The Labute approximate surface area is 112 Å². The van der Waals surface area contributed by atoms with E-state index in [4.69, 9.17) is 9.90 Å². The van der Waals surface area contributed by atoms with Crippen LogP contribution in [0.4, 0.5) is 13.2 Å². The molecule has 2 rings (SSSR count). The molecule has 114 valence electrons. The van der Waals surface area contributed by atoms with E-state index in [9.17, 15) is 23.4 Å². The summed E-state index contributed by atoms with van der Waals surface area (Å²) in [5.74, 6) is -2.76. The Morgan fingerprint density at radius 1 is 1.55 bits per heavy atom. The highest BCUT2D eigenvalue weighted by Gasteiger charge is 2.42. The van der Waals surface area contributed by atoms with Crippen LogP contribution in [0.15, 0.2) is 12.4 Å². The van der Waals surface area contributed by atoms with Gasteiger partial charge in [0.15, 0.2) is 5.72 Å². The van der Waals surface area contributed by atoms with E-state index in [0.717, 1.165) is 12.0 Å². The lowest BCUT2D eigenvalue weighted by atomic mass is 10.1. The van der Waals surface area contributed by atoms with E-state index < -0.39 is 24.0 Å². The monoisotopic (exact) mass is 296 g/mol. The normalized spacial score (nSPS) is 26.0. The van der Waals surface area contributed by atoms with E-state index in [2.05, 4.69) is 5.10 Å². The van der Waals surface area contributed by atoms with Gasteiger partial charge in [0.05, 0.1) is 6.20 Å². The molecular formula is C11H15F3N2O4. The summed E-state index contributed by atoms with van der Waals surface area (Å²) in [5, 5.41) is 30.8. The molecule has 2 unspecified atom stereocenters. The molecule has 0 bridgehead atoms. The van der Waals surface area contributed by atoms with E-state index in [1.54, 1.807) is 12.4 Å². The first-order valence-electron chi connectivity index (χ1n) is 5.79. The van der Waals surface area contributed by atoms with E-state index in [1.807, 2.05) is 6.92 Å². The number of aliphatic hydroxyl groups excluding tert-OH is 1. The summed E-state index contributed by atoms with van der Waals surface area (Å²) in [4.78, 5) is 8.90. The van der Waals surface area contributed by atoms with E-state index in [1.165, 1.54) is 4.68 Å². The lowest BCUT2D eigenvalue weighted by Crippen LogP contribution is -2.41. The molecule has 20 heavy (non-hydrogen) atoms. The van der Waals surface area contributed by atoms with Crippen LogP contribution < -0.4 is 0 Å². The second-order valence-electron chi connectivity index (χ2n) is 4.55. The number of hydrogen-bond acceptors (Lipinski definition) is 4. The fourth-order valence-corrected chi connectivity index (χ4v) is 1.85. The molecule has 9 heteroatoms. The second kappa shape index (κ2) is 5.80. The van der Waals surface area contributed by atoms with Crippen LogP contribution in [0.25, 0.3) is 0 Å². The van der Waals surface area contributed by atoms with Gasteiger partial charge in [-0.25, -0.2) is 9.48 Å². The molecule has 6 nitrogen and oxygen atoms in total. The zero-order valence-electron chi connectivity index (χ0n) is 10.6.